The summed E-state index contributed by atoms with van der Waals surface area (Å²) < 4.78 is 222. The average Bonchev–Trinajstić information content (AvgIpc) is 0.757. The van der Waals surface area contributed by atoms with Gasteiger partial charge in [0.05, 0.1) is 13.2 Å². The van der Waals surface area contributed by atoms with Crippen LogP contribution in [0.25, 0.3) is 0 Å². The summed E-state index contributed by atoms with van der Waals surface area (Å²) in [6.45, 7) is 1.17. The Kier molecular flexibility index (Phi) is 39.3. The summed E-state index contributed by atoms with van der Waals surface area (Å²) in [7, 11) is -29.1. The number of carboxylic acid groups (broad SMARTS) is 4. The van der Waals surface area contributed by atoms with Gasteiger partial charge < -0.3 is 111 Å². The molecule has 2 aromatic rings. The summed E-state index contributed by atoms with van der Waals surface area (Å²) in [5, 5.41) is 150. The second kappa shape index (κ2) is 44.5. The number of carbonyl (C=O) groups is 5. The molecule has 1 amide bonds. The maximum Gasteiger partial charge on any atom is 0.397 e. The average molecular weight is 1760 g/mol. The van der Waals surface area contributed by atoms with Crippen molar-refractivity contribution in [3.05, 3.63) is 58.6 Å². The number of hydrogen-bond acceptors (Lipinski definition) is 36. The molecule has 4 fully saturated rings. The van der Waals surface area contributed by atoms with E-state index in [0.29, 0.717) is 34.5 Å². The minimum absolute atomic E-state index is 0.00148. The Hall–Kier alpha value is -7.32. The number of ether oxygens (including phenoxy) is 7. The quantitative estimate of drug-likeness (QED) is 0.0150. The van der Waals surface area contributed by atoms with Gasteiger partial charge in [0.25, 0.3) is 11.9 Å². The van der Waals surface area contributed by atoms with Crippen molar-refractivity contribution in [3.8, 4) is 0 Å². The third-order valence-electron chi connectivity index (χ3n) is 14.1. The molecule has 60 heteroatoms. The van der Waals surface area contributed by atoms with Gasteiger partial charge in [-0.05, 0) is 61.4 Å². The van der Waals surface area contributed by atoms with Gasteiger partial charge in [-0.1, -0.05) is 36.0 Å². The third-order valence-corrected chi connectivity index (χ3v) is 17.0. The fourth-order valence-corrected chi connectivity index (χ4v) is 12.5. The van der Waals surface area contributed by atoms with Crippen molar-refractivity contribution in [2.75, 3.05) is 36.9 Å². The predicted octanol–water partition coefficient (Wildman–Crippen LogP) is -6.35. The highest BCUT2D eigenvalue weighted by molar-refractivity contribution is 7.83. The number of amides is 1. The van der Waals surface area contributed by atoms with E-state index in [0.717, 1.165) is 46.5 Å². The van der Waals surface area contributed by atoms with Gasteiger partial charge in [0.15, 0.2) is 73.4 Å². The Morgan fingerprint density at radius 2 is 0.866 bits per heavy atom. The smallest absolute Gasteiger partial charge is 0.397 e. The standard InChI is InChI=1S/C26H42N2O37S5.C22H30Cl2N10.2C2H4O2/c1-4(30)27-7-9(31)13(6(56-23(7)39)3-55-67(43,44)45)58-26-19(65-70(52,53)54)12(34)16(20(62-26)22(37)38)60-24-8(28-66(40,41)42)15(63-68(46,47)48)14(5(2-29)57-24)59-25-18(64-69(49,50)51)11(33)10(32)17(61-25)21(35)36;23-15-5-9-17(10-6-15)31-21(27)33-19(25)29-13-3-1-2-4-14-30-20(26)34-22(28)32-18-11-7-16(24)8-12-18;2*1-2(3)4/h5-20,23-26,28-29,31-34,39H,2-3H2,1H3,(H,27,30)(H,35,36)(H,37,38)(H,40,41,42)(H,43,44,45)(H,46,47,48)(H,49,50,51)(H,52,53,54);5-12H,1-4,13-14H2,(H5,25,27,29,31,33)(H5,26,28,30,32,34);2*1H3,(H,3,4)/t5-,6+,7-,8-,9-,10-,11-,12+,13-,14-,15-,16+,17-,18+,19-,20+,23-,24+,25+,26-;;;/m1.../s1. The van der Waals surface area contributed by atoms with Crippen LogP contribution in [0.4, 0.5) is 11.4 Å². The first kappa shape index (κ1) is 98.9. The number of rotatable bonds is 30. The molecule has 20 atom stereocenters. The minimum atomic E-state index is -6.09. The maximum atomic E-state index is 12.7. The molecular weight excluding hydrogens is 1680 g/mol. The van der Waals surface area contributed by atoms with Crippen LogP contribution in [0.15, 0.2) is 48.5 Å². The van der Waals surface area contributed by atoms with Crippen molar-refractivity contribution in [2.24, 2.45) is 0 Å². The Bertz CT molecular complexity index is 4020. The van der Waals surface area contributed by atoms with Crippen LogP contribution in [0, 0.1) is 21.6 Å². The first-order chi connectivity index (χ1) is 51.6. The monoisotopic (exact) mass is 1760 g/mol. The van der Waals surface area contributed by atoms with Crippen LogP contribution in [0.1, 0.15) is 46.5 Å². The van der Waals surface area contributed by atoms with Gasteiger partial charge >= 0.3 is 63.8 Å². The highest BCUT2D eigenvalue weighted by atomic mass is 35.5. The summed E-state index contributed by atoms with van der Waals surface area (Å²) in [6, 6.07) is 8.95. The SMILES string of the molecule is CC(=O)N[C@@H]1[C@@H](O)[C@H](O[C@@H]2O[C@H](C(=O)O)[C@@H](O[C@@H]3O[C@H](CO)[C@@H](O[C@H]4O[C@@H](C(=O)O)[C@H](O)[C@@H](O)[C@@H]4OS(=O)(=O)O)[C@H](OS(=O)(=O)O)[C@H]3NS(=O)(=O)O)[C@H](O)[C@H]2OS(=O)(=O)O)[C@H](COS(=O)(=O)O)O[C@H]1O.CC(=O)O.CC(=O)O.N=C(NCCCCCCNC(=N)NC(=N)Nc1ccc(Cl)cc1)NC(=N)Nc1ccc(Cl)cc1. The summed E-state index contributed by atoms with van der Waals surface area (Å²) in [6.07, 6.45) is -45.4. The van der Waals surface area contributed by atoms with Crippen LogP contribution < -0.4 is 41.9 Å². The van der Waals surface area contributed by atoms with E-state index in [2.05, 4.69) is 48.6 Å². The van der Waals surface area contributed by atoms with Crippen LogP contribution in [-0.2, 0) is 126 Å². The lowest BCUT2D eigenvalue weighted by atomic mass is 9.94. The maximum absolute atomic E-state index is 12.7. The molecular formula is C52H80Cl2N12O41S5. The van der Waals surface area contributed by atoms with E-state index in [1.165, 1.54) is 4.72 Å². The minimum Gasteiger partial charge on any atom is -0.481 e. The van der Waals surface area contributed by atoms with E-state index in [1.807, 2.05) is 5.32 Å². The van der Waals surface area contributed by atoms with Crippen molar-refractivity contribution in [2.45, 2.75) is 169 Å². The molecule has 0 bridgehead atoms. The number of aliphatic hydroxyl groups excluding tert-OH is 6. The second-order valence-electron chi connectivity index (χ2n) is 22.9. The van der Waals surface area contributed by atoms with Gasteiger partial charge in [-0.25, -0.2) is 26.3 Å². The van der Waals surface area contributed by atoms with Crippen molar-refractivity contribution in [1.29, 1.82) is 21.6 Å². The number of aliphatic carboxylic acids is 4. The lowest BCUT2D eigenvalue weighted by molar-refractivity contribution is -0.366. The summed E-state index contributed by atoms with van der Waals surface area (Å²) in [5.74, 6) is -7.04. The number of hydrogen-bond donors (Lipinski definition) is 27. The summed E-state index contributed by atoms with van der Waals surface area (Å²) in [4.78, 5) is 54.4. The lowest BCUT2D eigenvalue weighted by Crippen LogP contribution is -2.71. The van der Waals surface area contributed by atoms with Gasteiger partial charge in [-0.15, -0.1) is 0 Å². The number of carboxylic acids is 4. The molecule has 112 heavy (non-hydrogen) atoms. The van der Waals surface area contributed by atoms with Gasteiger partial charge in [0.2, 0.25) is 5.91 Å². The van der Waals surface area contributed by atoms with Gasteiger partial charge in [-0.3, -0.25) is 69.4 Å². The molecule has 0 radical (unpaired) electrons. The first-order valence-corrected chi connectivity index (χ1v) is 38.7. The number of carbonyl (C=O) groups excluding carboxylic acids is 1. The van der Waals surface area contributed by atoms with Crippen molar-refractivity contribution >= 4 is 140 Å². The third kappa shape index (κ3) is 36.0. The highest BCUT2D eigenvalue weighted by Crippen LogP contribution is 2.38. The molecule has 27 N–H and O–H groups in total. The Balaban J connectivity index is 0.000000639. The molecule has 0 aromatic heterocycles. The van der Waals surface area contributed by atoms with Crippen molar-refractivity contribution in [1.82, 2.24) is 31.3 Å². The number of unbranched alkanes of at least 4 members (excludes halogenated alkanes) is 3. The highest BCUT2D eigenvalue weighted by Gasteiger charge is 2.60. The molecule has 4 aliphatic heterocycles. The van der Waals surface area contributed by atoms with Gasteiger partial charge in [0.1, 0.15) is 73.1 Å². The van der Waals surface area contributed by atoms with Gasteiger partial charge in [-0.2, -0.15) is 46.8 Å². The zero-order chi connectivity index (χ0) is 85.3. The van der Waals surface area contributed by atoms with E-state index < -0.39 is 218 Å². The summed E-state index contributed by atoms with van der Waals surface area (Å²) in [5.41, 5.74) is 1.42. The second-order valence-corrected chi connectivity index (χ2v) is 29.2. The number of halogens is 2. The van der Waals surface area contributed by atoms with Crippen LogP contribution >= 0.6 is 23.2 Å². The van der Waals surface area contributed by atoms with E-state index >= 15 is 0 Å². The molecule has 53 nitrogen and oxygen atoms in total. The Labute approximate surface area is 644 Å². The molecule has 0 aliphatic carbocycles. The molecule has 0 spiro atoms. The number of benzene rings is 2. The molecule has 638 valence electrons. The Morgan fingerprint density at radius 1 is 0.464 bits per heavy atom. The fourth-order valence-electron chi connectivity index (χ4n) is 9.84. The van der Waals surface area contributed by atoms with Crippen molar-refractivity contribution < 1.29 is 190 Å². The van der Waals surface area contributed by atoms with Crippen LogP contribution in [0.2, 0.25) is 10.0 Å². The molecule has 4 saturated heterocycles. The largest absolute Gasteiger partial charge is 0.481 e. The fraction of sp³-hybridized carbons (Fsp3) is 0.596. The molecule has 0 saturated carbocycles. The first-order valence-electron chi connectivity index (χ1n) is 31.1. The molecule has 0 unspecified atom stereocenters. The molecule has 4 aliphatic rings. The topological polar surface area (TPSA) is 853 Å². The van der Waals surface area contributed by atoms with Gasteiger partial charge in [0, 0.05) is 55.3 Å². The zero-order valence-corrected chi connectivity index (χ0v) is 63.0. The van der Waals surface area contributed by atoms with Crippen molar-refractivity contribution in [3.63, 3.8) is 0 Å². The molecule has 6 rings (SSSR count). The Morgan fingerprint density at radius 3 is 1.26 bits per heavy atom. The summed E-state index contributed by atoms with van der Waals surface area (Å²) >= 11 is 11.7. The van der Waals surface area contributed by atoms with Crippen LogP contribution in [0.3, 0.4) is 0 Å². The normalized spacial score (nSPS) is 28.0. The van der Waals surface area contributed by atoms with E-state index in [9.17, 15) is 116 Å². The number of aliphatic hydroxyl groups is 6. The number of nitrogens with one attached hydrogen (secondary N) is 12. The van der Waals surface area contributed by atoms with E-state index in [4.69, 9.17) is 102 Å². The zero-order valence-electron chi connectivity index (χ0n) is 57.4. The number of anilines is 2. The molecule has 4 heterocycles. The predicted molar refractivity (Wildman–Crippen MR) is 369 cm³/mol. The lowest BCUT2D eigenvalue weighted by Gasteiger charge is -2.50. The van der Waals surface area contributed by atoms with Crippen LogP contribution in [-0.4, -0.2) is 319 Å². The number of guanidine groups is 4. The molecule has 2 aromatic carbocycles. The van der Waals surface area contributed by atoms with E-state index in [-0.39, 0.29) is 23.8 Å². The van der Waals surface area contributed by atoms with Crippen LogP contribution in [0.5, 0.6) is 0 Å². The van der Waals surface area contributed by atoms with E-state index in [1.54, 1.807) is 48.5 Å².